The maximum atomic E-state index is 12.1. The van der Waals surface area contributed by atoms with Crippen LogP contribution in [0.15, 0.2) is 42.7 Å². The van der Waals surface area contributed by atoms with Gasteiger partial charge in [-0.2, -0.15) is 5.48 Å². The second-order valence-corrected chi connectivity index (χ2v) is 6.08. The first-order valence-electron chi connectivity index (χ1n) is 6.55. The van der Waals surface area contributed by atoms with Crippen molar-refractivity contribution in [1.29, 1.82) is 0 Å². The summed E-state index contributed by atoms with van der Waals surface area (Å²) in [5.41, 5.74) is 3.71. The summed E-state index contributed by atoms with van der Waals surface area (Å²) in [4.78, 5) is 21.4. The number of amides is 1. The Morgan fingerprint density at radius 1 is 1.24 bits per heavy atom. The van der Waals surface area contributed by atoms with E-state index in [0.717, 1.165) is 5.56 Å². The number of pyridine rings is 1. The van der Waals surface area contributed by atoms with Gasteiger partial charge >= 0.3 is 0 Å². The van der Waals surface area contributed by atoms with Gasteiger partial charge in [-0.1, -0.05) is 44.5 Å². The summed E-state index contributed by atoms with van der Waals surface area (Å²) in [6.45, 7) is 6.18. The number of benzene rings is 1. The van der Waals surface area contributed by atoms with E-state index in [-0.39, 0.29) is 11.3 Å². The predicted octanol–water partition coefficient (Wildman–Crippen LogP) is 3.76. The van der Waals surface area contributed by atoms with Crippen molar-refractivity contribution in [3.8, 4) is 5.75 Å². The minimum Gasteiger partial charge on any atom is -0.378 e. The highest BCUT2D eigenvalue weighted by atomic mass is 35.5. The van der Waals surface area contributed by atoms with Gasteiger partial charge in [0.05, 0.1) is 10.6 Å². The second-order valence-electron chi connectivity index (χ2n) is 5.68. The Kier molecular flexibility index (Phi) is 4.48. The summed E-state index contributed by atoms with van der Waals surface area (Å²) < 4.78 is 0. The van der Waals surface area contributed by atoms with Gasteiger partial charge in [0, 0.05) is 12.4 Å². The molecule has 21 heavy (non-hydrogen) atoms. The SMILES string of the molecule is CC(C)(C)c1cncc(C(=O)NOc2ccccc2Cl)c1. The number of halogens is 1. The van der Waals surface area contributed by atoms with Crippen LogP contribution < -0.4 is 10.3 Å². The van der Waals surface area contributed by atoms with Gasteiger partial charge in [0.1, 0.15) is 0 Å². The summed E-state index contributed by atoms with van der Waals surface area (Å²) in [5.74, 6) is 0.0287. The average molecular weight is 305 g/mol. The first-order valence-corrected chi connectivity index (χ1v) is 6.93. The van der Waals surface area contributed by atoms with Gasteiger partial charge in [0.25, 0.3) is 5.91 Å². The largest absolute Gasteiger partial charge is 0.378 e. The molecule has 1 aromatic carbocycles. The van der Waals surface area contributed by atoms with Crippen LogP contribution in [0, 0.1) is 0 Å². The van der Waals surface area contributed by atoms with Crippen LogP contribution in [0.2, 0.25) is 5.02 Å². The molecule has 1 aromatic heterocycles. The van der Waals surface area contributed by atoms with Crippen molar-refractivity contribution in [2.45, 2.75) is 26.2 Å². The summed E-state index contributed by atoms with van der Waals surface area (Å²) in [7, 11) is 0. The van der Waals surface area contributed by atoms with E-state index in [4.69, 9.17) is 16.4 Å². The molecule has 0 aliphatic carbocycles. The Hall–Kier alpha value is -2.07. The first-order chi connectivity index (χ1) is 9.88. The van der Waals surface area contributed by atoms with Gasteiger partial charge in [0.2, 0.25) is 0 Å². The minimum absolute atomic E-state index is 0.0765. The molecule has 0 aliphatic heterocycles. The van der Waals surface area contributed by atoms with Gasteiger partial charge in [-0.3, -0.25) is 9.78 Å². The molecule has 0 spiro atoms. The maximum absolute atomic E-state index is 12.1. The zero-order valence-corrected chi connectivity index (χ0v) is 12.9. The molecule has 2 rings (SSSR count). The third-order valence-electron chi connectivity index (χ3n) is 2.96. The van der Waals surface area contributed by atoms with Crippen molar-refractivity contribution < 1.29 is 9.63 Å². The normalized spacial score (nSPS) is 11.0. The number of nitrogens with zero attached hydrogens (tertiary/aromatic N) is 1. The fraction of sp³-hybridized carbons (Fsp3) is 0.250. The van der Waals surface area contributed by atoms with Crippen molar-refractivity contribution in [2.75, 3.05) is 0 Å². The number of carbonyl (C=O) groups is 1. The molecule has 0 bridgehead atoms. The van der Waals surface area contributed by atoms with Crippen LogP contribution >= 0.6 is 11.6 Å². The fourth-order valence-electron chi connectivity index (χ4n) is 1.66. The van der Waals surface area contributed by atoms with Crippen molar-refractivity contribution in [2.24, 2.45) is 0 Å². The van der Waals surface area contributed by atoms with E-state index in [2.05, 4.69) is 31.2 Å². The van der Waals surface area contributed by atoms with Crippen LogP contribution in [0.4, 0.5) is 0 Å². The average Bonchev–Trinajstić information content (AvgIpc) is 2.45. The molecule has 110 valence electrons. The third kappa shape index (κ3) is 3.95. The fourth-order valence-corrected chi connectivity index (χ4v) is 1.84. The highest BCUT2D eigenvalue weighted by molar-refractivity contribution is 6.32. The molecule has 4 nitrogen and oxygen atoms in total. The lowest BCUT2D eigenvalue weighted by Gasteiger charge is -2.18. The Morgan fingerprint density at radius 3 is 2.62 bits per heavy atom. The molecule has 1 N–H and O–H groups in total. The Labute approximate surface area is 129 Å². The summed E-state index contributed by atoms with van der Waals surface area (Å²) in [6, 6.07) is 8.72. The van der Waals surface area contributed by atoms with Gasteiger partial charge < -0.3 is 4.84 Å². The van der Waals surface area contributed by atoms with Gasteiger partial charge in [0.15, 0.2) is 5.75 Å². The van der Waals surface area contributed by atoms with E-state index in [1.807, 2.05) is 0 Å². The topological polar surface area (TPSA) is 51.2 Å². The molecule has 1 heterocycles. The van der Waals surface area contributed by atoms with Crippen molar-refractivity contribution in [3.63, 3.8) is 0 Å². The molecule has 0 unspecified atom stereocenters. The molecule has 0 fully saturated rings. The lowest BCUT2D eigenvalue weighted by molar-refractivity contribution is 0.0759. The van der Waals surface area contributed by atoms with Crippen LogP contribution in [-0.2, 0) is 5.41 Å². The minimum atomic E-state index is -0.367. The van der Waals surface area contributed by atoms with Crippen LogP contribution in [0.1, 0.15) is 36.7 Å². The van der Waals surface area contributed by atoms with Crippen molar-refractivity contribution in [1.82, 2.24) is 10.5 Å². The standard InChI is InChI=1S/C16H17ClN2O2/c1-16(2,3)12-8-11(9-18-10-12)15(20)19-21-14-7-5-4-6-13(14)17/h4-10H,1-3H3,(H,19,20). The molecule has 2 aromatic rings. The Balaban J connectivity index is 2.09. The number of carbonyl (C=O) groups excluding carboxylic acids is 1. The lowest BCUT2D eigenvalue weighted by Crippen LogP contribution is -2.27. The molecule has 0 radical (unpaired) electrons. The number of rotatable bonds is 3. The van der Waals surface area contributed by atoms with Crippen LogP contribution in [0.5, 0.6) is 5.75 Å². The number of hydrogen-bond acceptors (Lipinski definition) is 3. The second kappa shape index (κ2) is 6.14. The number of nitrogens with one attached hydrogen (secondary N) is 1. The lowest BCUT2D eigenvalue weighted by atomic mass is 9.87. The predicted molar refractivity (Wildman–Crippen MR) is 82.5 cm³/mol. The number of para-hydroxylation sites is 1. The quantitative estimate of drug-likeness (QED) is 0.879. The van der Waals surface area contributed by atoms with Crippen LogP contribution in [0.25, 0.3) is 0 Å². The Morgan fingerprint density at radius 2 is 1.95 bits per heavy atom. The zero-order chi connectivity index (χ0) is 15.5. The smallest absolute Gasteiger partial charge is 0.285 e. The van der Waals surface area contributed by atoms with Gasteiger partial charge in [-0.05, 0) is 29.2 Å². The molecule has 5 heteroatoms. The monoisotopic (exact) mass is 304 g/mol. The zero-order valence-electron chi connectivity index (χ0n) is 12.2. The van der Waals surface area contributed by atoms with Crippen LogP contribution in [-0.4, -0.2) is 10.9 Å². The molecule has 0 saturated heterocycles. The molecular formula is C16H17ClN2O2. The van der Waals surface area contributed by atoms with E-state index >= 15 is 0 Å². The molecule has 0 aliphatic rings. The summed E-state index contributed by atoms with van der Waals surface area (Å²) in [5, 5.41) is 0.430. The maximum Gasteiger partial charge on any atom is 0.285 e. The van der Waals surface area contributed by atoms with E-state index in [9.17, 15) is 4.79 Å². The van der Waals surface area contributed by atoms with Gasteiger partial charge in [-0.15, -0.1) is 0 Å². The molecule has 1 amide bonds. The summed E-state index contributed by atoms with van der Waals surface area (Å²) >= 11 is 5.95. The van der Waals surface area contributed by atoms with E-state index in [1.165, 1.54) is 6.20 Å². The van der Waals surface area contributed by atoms with E-state index in [0.29, 0.717) is 16.3 Å². The van der Waals surface area contributed by atoms with Gasteiger partial charge in [-0.25, -0.2) is 0 Å². The molecular weight excluding hydrogens is 288 g/mol. The highest BCUT2D eigenvalue weighted by Crippen LogP contribution is 2.23. The Bertz CT molecular complexity index is 651. The van der Waals surface area contributed by atoms with Crippen LogP contribution in [0.3, 0.4) is 0 Å². The highest BCUT2D eigenvalue weighted by Gasteiger charge is 2.16. The van der Waals surface area contributed by atoms with Crippen molar-refractivity contribution >= 4 is 17.5 Å². The first kappa shape index (κ1) is 15.3. The van der Waals surface area contributed by atoms with E-state index < -0.39 is 0 Å². The molecule has 0 atom stereocenters. The van der Waals surface area contributed by atoms with E-state index in [1.54, 1.807) is 36.5 Å². The molecule has 0 saturated carbocycles. The number of hydroxylamine groups is 1. The third-order valence-corrected chi connectivity index (χ3v) is 3.27. The number of hydrogen-bond donors (Lipinski definition) is 1. The number of aromatic nitrogens is 1. The van der Waals surface area contributed by atoms with Crippen molar-refractivity contribution in [3.05, 3.63) is 58.9 Å². The summed E-state index contributed by atoms with van der Waals surface area (Å²) in [6.07, 6.45) is 3.26.